The smallest absolute Gasteiger partial charge is 0.181 e. The van der Waals surface area contributed by atoms with Crippen LogP contribution in [0.15, 0.2) is 30.6 Å². The van der Waals surface area contributed by atoms with Crippen molar-refractivity contribution in [3.05, 3.63) is 36.2 Å². The van der Waals surface area contributed by atoms with E-state index in [4.69, 9.17) is 4.98 Å². The number of fused-ring (bicyclic) bond motifs is 2. The maximum Gasteiger partial charge on any atom is 0.181 e. The molecule has 0 spiro atoms. The van der Waals surface area contributed by atoms with Crippen LogP contribution >= 0.6 is 0 Å². The summed E-state index contributed by atoms with van der Waals surface area (Å²) in [6, 6.07) is 4.26. The molecule has 3 N–H and O–H groups in total. The molecule has 4 aromatic heterocycles. The van der Waals surface area contributed by atoms with Crippen LogP contribution in [0.25, 0.3) is 39.3 Å². The van der Waals surface area contributed by atoms with E-state index in [0.717, 1.165) is 66.2 Å². The molecular formula is C22H24N8. The lowest BCUT2D eigenvalue weighted by Gasteiger charge is -2.28. The van der Waals surface area contributed by atoms with Crippen molar-refractivity contribution in [2.24, 2.45) is 0 Å². The quantitative estimate of drug-likeness (QED) is 0.488. The summed E-state index contributed by atoms with van der Waals surface area (Å²) in [6.45, 7) is 4.06. The lowest BCUT2D eigenvalue weighted by Crippen LogP contribution is -2.29. The maximum absolute atomic E-state index is 4.79. The van der Waals surface area contributed by atoms with Crippen molar-refractivity contribution in [2.75, 3.05) is 31.1 Å². The normalized spacial score (nSPS) is 17.6. The molecule has 0 aliphatic carbocycles. The Morgan fingerprint density at radius 2 is 1.97 bits per heavy atom. The van der Waals surface area contributed by atoms with Crippen molar-refractivity contribution in [1.82, 2.24) is 35.5 Å². The minimum Gasteiger partial charge on any atom is -0.370 e. The van der Waals surface area contributed by atoms with Crippen LogP contribution in [0.4, 0.5) is 5.69 Å². The van der Waals surface area contributed by atoms with Crippen LogP contribution in [-0.2, 0) is 0 Å². The van der Waals surface area contributed by atoms with Crippen molar-refractivity contribution >= 4 is 33.5 Å². The number of imidazole rings is 1. The number of hydrogen-bond donors (Lipinski definition) is 3. The van der Waals surface area contributed by atoms with E-state index in [-0.39, 0.29) is 0 Å². The van der Waals surface area contributed by atoms with Crippen LogP contribution in [0.2, 0.25) is 0 Å². The number of hydrogen-bond acceptors (Lipinski definition) is 6. The summed E-state index contributed by atoms with van der Waals surface area (Å²) in [5.74, 6) is 0.752. The fourth-order valence-electron chi connectivity index (χ4n) is 4.56. The number of pyridine rings is 2. The molecule has 1 fully saturated rings. The van der Waals surface area contributed by atoms with Gasteiger partial charge in [-0.1, -0.05) is 6.08 Å². The Morgan fingerprint density at radius 1 is 1.03 bits per heavy atom. The molecule has 2 aliphatic rings. The van der Waals surface area contributed by atoms with E-state index in [1.807, 2.05) is 12.4 Å². The standard InChI is InChI=1S/C22H24N8/c1-2-10-30(11-3-1)17-6-9-24-21-19(17)26-22(27-21)18-16-12-15(13-25-20(16)29-28-18)14-4-7-23-8-5-14/h4,6,9,12-13,23H,1-3,5,7-8,10-11H2,(H,24,26,27)(H,25,28,29). The van der Waals surface area contributed by atoms with E-state index in [0.29, 0.717) is 5.65 Å². The predicted octanol–water partition coefficient (Wildman–Crippen LogP) is 3.26. The van der Waals surface area contributed by atoms with E-state index >= 15 is 0 Å². The van der Waals surface area contributed by atoms with Gasteiger partial charge < -0.3 is 15.2 Å². The summed E-state index contributed by atoms with van der Waals surface area (Å²) in [4.78, 5) is 19.8. The molecule has 0 aromatic carbocycles. The first-order valence-corrected chi connectivity index (χ1v) is 10.7. The number of nitrogens with zero attached hydrogens (tertiary/aromatic N) is 5. The lowest BCUT2D eigenvalue weighted by molar-refractivity contribution is 0.578. The number of nitrogens with one attached hydrogen (secondary N) is 3. The number of anilines is 1. The monoisotopic (exact) mass is 400 g/mol. The van der Waals surface area contributed by atoms with Gasteiger partial charge in [0.15, 0.2) is 17.1 Å². The van der Waals surface area contributed by atoms with Gasteiger partial charge in [0.05, 0.1) is 11.1 Å². The van der Waals surface area contributed by atoms with Gasteiger partial charge in [-0.2, -0.15) is 5.10 Å². The van der Waals surface area contributed by atoms with Gasteiger partial charge in [0.1, 0.15) is 11.2 Å². The number of aromatic nitrogens is 6. The zero-order valence-corrected chi connectivity index (χ0v) is 16.8. The molecule has 0 saturated carbocycles. The Kier molecular flexibility index (Phi) is 4.23. The van der Waals surface area contributed by atoms with Crippen LogP contribution in [0, 0.1) is 0 Å². The third kappa shape index (κ3) is 2.95. The first-order chi connectivity index (χ1) is 14.9. The number of aromatic amines is 2. The Hall–Kier alpha value is -3.26. The fraction of sp³-hybridized carbons (Fsp3) is 0.364. The largest absolute Gasteiger partial charge is 0.370 e. The highest BCUT2D eigenvalue weighted by Gasteiger charge is 2.19. The minimum absolute atomic E-state index is 0.702. The second-order valence-corrected chi connectivity index (χ2v) is 8.04. The Morgan fingerprint density at radius 3 is 2.83 bits per heavy atom. The van der Waals surface area contributed by atoms with Crippen molar-refractivity contribution < 1.29 is 0 Å². The number of H-pyrrole nitrogens is 2. The van der Waals surface area contributed by atoms with E-state index in [2.05, 4.69) is 53.6 Å². The predicted molar refractivity (Wildman–Crippen MR) is 118 cm³/mol. The molecule has 152 valence electrons. The summed E-state index contributed by atoms with van der Waals surface area (Å²) in [6.07, 6.45) is 10.8. The highest BCUT2D eigenvalue weighted by Crippen LogP contribution is 2.31. The number of piperidine rings is 1. The molecule has 2 aliphatic heterocycles. The maximum atomic E-state index is 4.79. The minimum atomic E-state index is 0.702. The third-order valence-corrected chi connectivity index (χ3v) is 6.15. The summed E-state index contributed by atoms with van der Waals surface area (Å²) >= 11 is 0. The van der Waals surface area contributed by atoms with Crippen molar-refractivity contribution in [3.8, 4) is 11.5 Å². The molecule has 8 heteroatoms. The first kappa shape index (κ1) is 17.6. The van der Waals surface area contributed by atoms with Gasteiger partial charge in [0.2, 0.25) is 0 Å². The summed E-state index contributed by atoms with van der Waals surface area (Å²) < 4.78 is 0. The molecular weight excluding hydrogens is 376 g/mol. The van der Waals surface area contributed by atoms with Crippen LogP contribution in [-0.4, -0.2) is 56.3 Å². The average Bonchev–Trinajstić information content (AvgIpc) is 3.43. The highest BCUT2D eigenvalue weighted by atomic mass is 15.2. The number of rotatable bonds is 3. The molecule has 0 amide bonds. The first-order valence-electron chi connectivity index (χ1n) is 10.7. The van der Waals surface area contributed by atoms with Gasteiger partial charge in [-0.05, 0) is 55.5 Å². The zero-order chi connectivity index (χ0) is 19.9. The molecule has 4 aromatic rings. The van der Waals surface area contributed by atoms with Crippen LogP contribution in [0.5, 0.6) is 0 Å². The van der Waals surface area contributed by atoms with Crippen molar-refractivity contribution in [2.45, 2.75) is 25.7 Å². The van der Waals surface area contributed by atoms with Crippen molar-refractivity contribution in [3.63, 3.8) is 0 Å². The van der Waals surface area contributed by atoms with Crippen LogP contribution in [0.1, 0.15) is 31.2 Å². The van der Waals surface area contributed by atoms with E-state index in [1.165, 1.54) is 30.5 Å². The summed E-state index contributed by atoms with van der Waals surface area (Å²) in [5, 5.41) is 11.9. The lowest BCUT2D eigenvalue weighted by atomic mass is 10.0. The zero-order valence-electron chi connectivity index (χ0n) is 16.8. The molecule has 0 unspecified atom stereocenters. The van der Waals surface area contributed by atoms with Gasteiger partial charge in [-0.15, -0.1) is 0 Å². The fourth-order valence-corrected chi connectivity index (χ4v) is 4.56. The topological polar surface area (TPSA) is 98.4 Å². The molecule has 6 heterocycles. The van der Waals surface area contributed by atoms with E-state index in [9.17, 15) is 0 Å². The SMILES string of the molecule is C1=C(c2cnc3n[nH]c(-c4nc5nccc(N6CCCCC6)c5[nH]4)c3c2)CCNC1. The average molecular weight is 400 g/mol. The van der Waals surface area contributed by atoms with E-state index in [1.54, 1.807) is 0 Å². The molecule has 1 saturated heterocycles. The molecule has 6 rings (SSSR count). The van der Waals surface area contributed by atoms with Gasteiger partial charge >= 0.3 is 0 Å². The van der Waals surface area contributed by atoms with Crippen LogP contribution in [0.3, 0.4) is 0 Å². The van der Waals surface area contributed by atoms with Gasteiger partial charge in [0.25, 0.3) is 0 Å². The van der Waals surface area contributed by atoms with Gasteiger partial charge in [0, 0.05) is 32.0 Å². The third-order valence-electron chi connectivity index (χ3n) is 6.15. The van der Waals surface area contributed by atoms with Gasteiger partial charge in [-0.25, -0.2) is 15.0 Å². The molecule has 30 heavy (non-hydrogen) atoms. The summed E-state index contributed by atoms with van der Waals surface area (Å²) in [7, 11) is 0. The Bertz CT molecular complexity index is 1240. The Balaban J connectivity index is 1.44. The molecule has 8 nitrogen and oxygen atoms in total. The summed E-state index contributed by atoms with van der Waals surface area (Å²) in [5.41, 5.74) is 6.94. The Labute approximate surface area is 173 Å². The second-order valence-electron chi connectivity index (χ2n) is 8.04. The van der Waals surface area contributed by atoms with Gasteiger partial charge in [-0.3, -0.25) is 5.10 Å². The highest BCUT2D eigenvalue weighted by molar-refractivity contribution is 5.94. The second kappa shape index (κ2) is 7.21. The molecule has 0 radical (unpaired) electrons. The molecule has 0 atom stereocenters. The molecule has 0 bridgehead atoms. The van der Waals surface area contributed by atoms with E-state index < -0.39 is 0 Å². The van der Waals surface area contributed by atoms with Crippen LogP contribution < -0.4 is 10.2 Å². The van der Waals surface area contributed by atoms with Crippen molar-refractivity contribution in [1.29, 1.82) is 0 Å².